The fraction of sp³-hybridized carbons (Fsp3) is 0.444. The summed E-state index contributed by atoms with van der Waals surface area (Å²) in [6, 6.07) is 8.00. The van der Waals surface area contributed by atoms with Gasteiger partial charge in [-0.05, 0) is 37.8 Å². The van der Waals surface area contributed by atoms with Crippen molar-refractivity contribution in [2.45, 2.75) is 24.3 Å². The van der Waals surface area contributed by atoms with Crippen LogP contribution in [0.25, 0.3) is 0 Å². The molecule has 1 aromatic heterocycles. The fourth-order valence-corrected chi connectivity index (χ4v) is 3.62. The second-order valence-corrected chi connectivity index (χ2v) is 7.07. The highest BCUT2D eigenvalue weighted by Crippen LogP contribution is 2.23. The van der Waals surface area contributed by atoms with Gasteiger partial charge in [0.1, 0.15) is 0 Å². The second kappa shape index (κ2) is 7.32. The maximum Gasteiger partial charge on any atom is 0.167 e. The van der Waals surface area contributed by atoms with Crippen molar-refractivity contribution in [1.29, 1.82) is 0 Å². The first-order valence-electron chi connectivity index (χ1n) is 8.04. The summed E-state index contributed by atoms with van der Waals surface area (Å²) in [6.45, 7) is 2.78. The Morgan fingerprint density at radius 1 is 1.35 bits per heavy atom. The molecule has 0 bridgehead atoms. The third-order valence-corrected chi connectivity index (χ3v) is 5.16. The third-order valence-electron chi connectivity index (χ3n) is 4.42. The molecule has 3 rings (SSSR count). The van der Waals surface area contributed by atoms with Crippen LogP contribution in [0.5, 0.6) is 0 Å². The molecule has 23 heavy (non-hydrogen) atoms. The maximum atomic E-state index is 12.8. The van der Waals surface area contributed by atoms with E-state index in [1.807, 2.05) is 54.6 Å². The molecule has 0 aliphatic carbocycles. The molecule has 1 atom stereocenters. The molecule has 0 amide bonds. The Labute approximate surface area is 141 Å². The average molecular weight is 329 g/mol. The summed E-state index contributed by atoms with van der Waals surface area (Å²) in [5, 5.41) is 4.22. The molecule has 4 nitrogen and oxygen atoms in total. The molecule has 0 spiro atoms. The average Bonchev–Trinajstić information content (AvgIpc) is 2.99. The molecule has 1 aliphatic rings. The van der Waals surface area contributed by atoms with E-state index in [2.05, 4.69) is 10.00 Å². The Kier molecular flexibility index (Phi) is 5.18. The number of piperidine rings is 1. The predicted molar refractivity (Wildman–Crippen MR) is 93.8 cm³/mol. The van der Waals surface area contributed by atoms with E-state index in [-0.39, 0.29) is 11.7 Å². The zero-order valence-electron chi connectivity index (χ0n) is 13.7. The van der Waals surface area contributed by atoms with Crippen LogP contribution >= 0.6 is 11.8 Å². The zero-order valence-corrected chi connectivity index (χ0v) is 14.6. The number of hydrogen-bond acceptors (Lipinski definition) is 4. The van der Waals surface area contributed by atoms with E-state index in [1.165, 1.54) is 10.5 Å². The van der Waals surface area contributed by atoms with Gasteiger partial charge in [0, 0.05) is 48.3 Å². The minimum absolute atomic E-state index is 0.112. The van der Waals surface area contributed by atoms with Gasteiger partial charge in [0.25, 0.3) is 0 Å². The first-order valence-corrected chi connectivity index (χ1v) is 9.26. The van der Waals surface area contributed by atoms with Gasteiger partial charge < -0.3 is 0 Å². The molecule has 0 N–H and O–H groups in total. The number of benzene rings is 1. The van der Waals surface area contributed by atoms with Gasteiger partial charge in [-0.2, -0.15) is 5.10 Å². The Bertz CT molecular complexity index is 665. The van der Waals surface area contributed by atoms with Crippen LogP contribution in [0.15, 0.2) is 41.6 Å². The first-order chi connectivity index (χ1) is 11.2. The van der Waals surface area contributed by atoms with E-state index in [0.29, 0.717) is 0 Å². The number of Topliss-reactive ketones (excluding diaryl/α,β-unsaturated/α-hetero) is 1. The van der Waals surface area contributed by atoms with Gasteiger partial charge >= 0.3 is 0 Å². The van der Waals surface area contributed by atoms with Crippen LogP contribution < -0.4 is 0 Å². The molecule has 0 saturated carbocycles. The maximum absolute atomic E-state index is 12.8. The standard InChI is InChI=1S/C18H23N3OS/c1-20-11-14(10-19-20)12-21-9-3-4-16(13-21)18(22)15-5-7-17(23-2)8-6-15/h5-8,10-11,16H,3-4,9,12-13H2,1-2H3/t16-/m1/s1. The number of ketones is 1. The smallest absolute Gasteiger partial charge is 0.167 e. The number of likely N-dealkylation sites (tertiary alicyclic amines) is 1. The number of rotatable bonds is 5. The molecule has 122 valence electrons. The Balaban J connectivity index is 1.63. The largest absolute Gasteiger partial charge is 0.298 e. The van der Waals surface area contributed by atoms with Crippen molar-refractivity contribution < 1.29 is 4.79 Å². The van der Waals surface area contributed by atoms with Gasteiger partial charge in [-0.3, -0.25) is 14.4 Å². The lowest BCUT2D eigenvalue weighted by Gasteiger charge is -2.31. The van der Waals surface area contributed by atoms with Crippen molar-refractivity contribution >= 4 is 17.5 Å². The number of aryl methyl sites for hydroxylation is 1. The van der Waals surface area contributed by atoms with Gasteiger partial charge in [-0.15, -0.1) is 11.8 Å². The minimum Gasteiger partial charge on any atom is -0.298 e. The Morgan fingerprint density at radius 3 is 2.78 bits per heavy atom. The fourth-order valence-electron chi connectivity index (χ4n) is 3.22. The summed E-state index contributed by atoms with van der Waals surface area (Å²) in [4.78, 5) is 16.3. The number of carbonyl (C=O) groups excluding carboxylic acids is 1. The van der Waals surface area contributed by atoms with Crippen molar-refractivity contribution in [2.75, 3.05) is 19.3 Å². The van der Waals surface area contributed by atoms with Gasteiger partial charge in [0.15, 0.2) is 5.78 Å². The molecule has 5 heteroatoms. The summed E-state index contributed by atoms with van der Waals surface area (Å²) in [6.07, 6.45) is 8.08. The van der Waals surface area contributed by atoms with Crippen LogP contribution in [0.2, 0.25) is 0 Å². The number of carbonyl (C=O) groups is 1. The molecule has 2 aromatic rings. The summed E-state index contributed by atoms with van der Waals surface area (Å²) in [5.74, 6) is 0.397. The van der Waals surface area contributed by atoms with E-state index in [1.54, 1.807) is 11.8 Å². The van der Waals surface area contributed by atoms with Gasteiger partial charge in [0.05, 0.1) is 6.20 Å². The first kappa shape index (κ1) is 16.3. The highest BCUT2D eigenvalue weighted by molar-refractivity contribution is 7.98. The topological polar surface area (TPSA) is 38.1 Å². The van der Waals surface area contributed by atoms with E-state index in [0.717, 1.165) is 38.0 Å². The molecule has 2 heterocycles. The molecule has 1 aliphatic heterocycles. The van der Waals surface area contributed by atoms with Crippen molar-refractivity contribution in [1.82, 2.24) is 14.7 Å². The molecule has 1 saturated heterocycles. The van der Waals surface area contributed by atoms with Crippen LogP contribution in [0.3, 0.4) is 0 Å². The van der Waals surface area contributed by atoms with E-state index in [4.69, 9.17) is 0 Å². The molecular formula is C18H23N3OS. The molecule has 1 aromatic carbocycles. The van der Waals surface area contributed by atoms with E-state index < -0.39 is 0 Å². The van der Waals surface area contributed by atoms with Crippen LogP contribution in [0.1, 0.15) is 28.8 Å². The number of thioether (sulfide) groups is 1. The van der Waals surface area contributed by atoms with Crippen molar-refractivity contribution in [3.05, 3.63) is 47.8 Å². The Hall–Kier alpha value is -1.59. The normalized spacial score (nSPS) is 19.0. The zero-order chi connectivity index (χ0) is 16.2. The summed E-state index contributed by atoms with van der Waals surface area (Å²) in [7, 11) is 1.93. The van der Waals surface area contributed by atoms with Crippen LogP contribution in [-0.2, 0) is 13.6 Å². The summed E-state index contributed by atoms with van der Waals surface area (Å²) >= 11 is 1.70. The summed E-state index contributed by atoms with van der Waals surface area (Å²) < 4.78 is 1.83. The van der Waals surface area contributed by atoms with Crippen molar-refractivity contribution in [2.24, 2.45) is 13.0 Å². The lowest BCUT2D eigenvalue weighted by Crippen LogP contribution is -2.38. The lowest BCUT2D eigenvalue weighted by atomic mass is 9.90. The molecule has 0 radical (unpaired) electrons. The van der Waals surface area contributed by atoms with Gasteiger partial charge in [-0.25, -0.2) is 0 Å². The predicted octanol–water partition coefficient (Wildman–Crippen LogP) is 3.24. The van der Waals surface area contributed by atoms with Crippen molar-refractivity contribution in [3.8, 4) is 0 Å². The highest BCUT2D eigenvalue weighted by atomic mass is 32.2. The monoisotopic (exact) mass is 329 g/mol. The van der Waals surface area contributed by atoms with Crippen LogP contribution in [0, 0.1) is 5.92 Å². The van der Waals surface area contributed by atoms with Gasteiger partial charge in [0.2, 0.25) is 0 Å². The van der Waals surface area contributed by atoms with E-state index >= 15 is 0 Å². The van der Waals surface area contributed by atoms with E-state index in [9.17, 15) is 4.79 Å². The SMILES string of the molecule is CSc1ccc(C(=O)[C@@H]2CCCN(Cc3cnn(C)c3)C2)cc1. The van der Waals surface area contributed by atoms with Gasteiger partial charge in [-0.1, -0.05) is 12.1 Å². The number of nitrogens with zero attached hydrogens (tertiary/aromatic N) is 3. The quantitative estimate of drug-likeness (QED) is 0.623. The van der Waals surface area contributed by atoms with Crippen LogP contribution in [-0.4, -0.2) is 39.8 Å². The molecular weight excluding hydrogens is 306 g/mol. The third kappa shape index (κ3) is 4.03. The Morgan fingerprint density at radius 2 is 2.13 bits per heavy atom. The molecule has 0 unspecified atom stereocenters. The number of aromatic nitrogens is 2. The lowest BCUT2D eigenvalue weighted by molar-refractivity contribution is 0.0811. The minimum atomic E-state index is 0.112. The molecule has 1 fully saturated rings. The van der Waals surface area contributed by atoms with Crippen molar-refractivity contribution in [3.63, 3.8) is 0 Å². The highest BCUT2D eigenvalue weighted by Gasteiger charge is 2.26. The van der Waals surface area contributed by atoms with Crippen LogP contribution in [0.4, 0.5) is 0 Å². The second-order valence-electron chi connectivity index (χ2n) is 6.19. The number of hydrogen-bond donors (Lipinski definition) is 0. The summed E-state index contributed by atoms with van der Waals surface area (Å²) in [5.41, 5.74) is 2.06.